The van der Waals surface area contributed by atoms with E-state index in [0.717, 1.165) is 46.6 Å². The predicted octanol–water partition coefficient (Wildman–Crippen LogP) is 5.42. The van der Waals surface area contributed by atoms with E-state index in [1.807, 2.05) is 17.0 Å². The maximum atomic E-state index is 13.1. The first-order chi connectivity index (χ1) is 15.1. The predicted molar refractivity (Wildman–Crippen MR) is 126 cm³/mol. The highest BCUT2D eigenvalue weighted by atomic mass is 16.2. The number of hydrogen-bond donors (Lipinski definition) is 0. The van der Waals surface area contributed by atoms with Gasteiger partial charge in [0.05, 0.1) is 11.0 Å². The van der Waals surface area contributed by atoms with Gasteiger partial charge in [-0.3, -0.25) is 4.79 Å². The molecule has 1 amide bonds. The molecule has 0 bridgehead atoms. The molecule has 0 N–H and O–H groups in total. The first-order valence-corrected chi connectivity index (χ1v) is 11.0. The molecule has 1 aliphatic heterocycles. The lowest BCUT2D eigenvalue weighted by atomic mass is 10.1. The molecule has 0 aliphatic carbocycles. The number of aryl methyl sites for hydroxylation is 4. The second kappa shape index (κ2) is 8.03. The van der Waals surface area contributed by atoms with Gasteiger partial charge in [0.25, 0.3) is 0 Å². The number of nitrogens with zero attached hydrogens (tertiary/aromatic N) is 3. The lowest BCUT2D eigenvalue weighted by Crippen LogP contribution is -2.26. The number of amides is 1. The molecule has 4 nitrogen and oxygen atoms in total. The van der Waals surface area contributed by atoms with Crippen LogP contribution in [-0.2, 0) is 17.8 Å². The van der Waals surface area contributed by atoms with Crippen LogP contribution in [0.2, 0.25) is 0 Å². The van der Waals surface area contributed by atoms with Crippen LogP contribution in [0.5, 0.6) is 0 Å². The number of carbonyl (C=O) groups excluding carboxylic acids is 1. The molecule has 4 heteroatoms. The van der Waals surface area contributed by atoms with E-state index in [1.54, 1.807) is 0 Å². The van der Waals surface area contributed by atoms with E-state index >= 15 is 0 Å². The quantitative estimate of drug-likeness (QED) is 0.442. The van der Waals surface area contributed by atoms with Crippen LogP contribution < -0.4 is 4.90 Å². The number of para-hydroxylation sites is 3. The summed E-state index contributed by atoms with van der Waals surface area (Å²) in [4.78, 5) is 20.0. The zero-order valence-corrected chi connectivity index (χ0v) is 18.1. The zero-order chi connectivity index (χ0) is 21.4. The van der Waals surface area contributed by atoms with Crippen molar-refractivity contribution in [1.29, 1.82) is 0 Å². The molecule has 3 aromatic carbocycles. The molecule has 0 unspecified atom stereocenters. The van der Waals surface area contributed by atoms with Crippen LogP contribution in [0.3, 0.4) is 0 Å². The Balaban J connectivity index is 1.49. The SMILES string of the molecule is Cc1cccc(C)c1N1C[C@@H](c2nc3ccccc3n2CCc2ccccc2)CC1=O. The maximum absolute atomic E-state index is 13.1. The van der Waals surface area contributed by atoms with Crippen molar-refractivity contribution in [3.8, 4) is 0 Å². The molecule has 5 rings (SSSR count). The Kier molecular flexibility index (Phi) is 5.06. The smallest absolute Gasteiger partial charge is 0.227 e. The molecule has 0 spiro atoms. The highest BCUT2D eigenvalue weighted by Gasteiger charge is 2.35. The van der Waals surface area contributed by atoms with Crippen molar-refractivity contribution in [3.63, 3.8) is 0 Å². The van der Waals surface area contributed by atoms with Gasteiger partial charge >= 0.3 is 0 Å². The Labute approximate surface area is 183 Å². The highest BCUT2D eigenvalue weighted by molar-refractivity contribution is 5.98. The van der Waals surface area contributed by atoms with Gasteiger partial charge in [0.2, 0.25) is 5.91 Å². The second-order valence-corrected chi connectivity index (χ2v) is 8.49. The lowest BCUT2D eigenvalue weighted by molar-refractivity contribution is -0.117. The summed E-state index contributed by atoms with van der Waals surface area (Å²) in [6, 6.07) is 25.1. The van der Waals surface area contributed by atoms with Crippen molar-refractivity contribution < 1.29 is 4.79 Å². The number of imidazole rings is 1. The van der Waals surface area contributed by atoms with E-state index < -0.39 is 0 Å². The molecule has 1 atom stereocenters. The molecule has 4 aromatic rings. The number of hydrogen-bond acceptors (Lipinski definition) is 2. The summed E-state index contributed by atoms with van der Waals surface area (Å²) in [6.07, 6.45) is 1.44. The van der Waals surface area contributed by atoms with E-state index in [2.05, 4.69) is 79.1 Å². The number of benzene rings is 3. The summed E-state index contributed by atoms with van der Waals surface area (Å²) in [5.74, 6) is 1.30. The molecule has 1 aromatic heterocycles. The topological polar surface area (TPSA) is 38.1 Å². The summed E-state index contributed by atoms with van der Waals surface area (Å²) in [5, 5.41) is 0. The molecule has 1 saturated heterocycles. The van der Waals surface area contributed by atoms with E-state index in [1.165, 1.54) is 5.56 Å². The standard InChI is InChI=1S/C27H27N3O/c1-19-9-8-10-20(2)26(19)30-18-22(17-25(30)31)27-28-23-13-6-7-14-24(23)29(27)16-15-21-11-4-3-5-12-21/h3-14,22H,15-18H2,1-2H3/t22-/m0/s1. The van der Waals surface area contributed by atoms with Crippen molar-refractivity contribution in [1.82, 2.24) is 9.55 Å². The summed E-state index contributed by atoms with van der Waals surface area (Å²) in [7, 11) is 0. The normalized spacial score (nSPS) is 16.4. The average Bonchev–Trinajstić information content (AvgIpc) is 3.33. The van der Waals surface area contributed by atoms with Gasteiger partial charge in [-0.25, -0.2) is 4.98 Å². The molecule has 1 aliphatic rings. The minimum absolute atomic E-state index is 0.0923. The second-order valence-electron chi connectivity index (χ2n) is 8.49. The molecular weight excluding hydrogens is 382 g/mol. The van der Waals surface area contributed by atoms with Crippen LogP contribution >= 0.6 is 0 Å². The number of rotatable bonds is 5. The van der Waals surface area contributed by atoms with Crippen LogP contribution in [0.4, 0.5) is 5.69 Å². The fraction of sp³-hybridized carbons (Fsp3) is 0.259. The first kappa shape index (κ1) is 19.6. The summed E-state index contributed by atoms with van der Waals surface area (Å²) >= 11 is 0. The minimum atomic E-state index is 0.0923. The third kappa shape index (κ3) is 3.63. The van der Waals surface area contributed by atoms with Crippen molar-refractivity contribution in [3.05, 3.63) is 95.3 Å². The first-order valence-electron chi connectivity index (χ1n) is 11.0. The van der Waals surface area contributed by atoms with Crippen molar-refractivity contribution in [2.75, 3.05) is 11.4 Å². The molecule has 156 valence electrons. The van der Waals surface area contributed by atoms with Gasteiger partial charge in [-0.05, 0) is 49.1 Å². The monoisotopic (exact) mass is 409 g/mol. The molecule has 0 radical (unpaired) electrons. The average molecular weight is 410 g/mol. The van der Waals surface area contributed by atoms with Crippen LogP contribution in [0.25, 0.3) is 11.0 Å². The summed E-state index contributed by atoms with van der Waals surface area (Å²) in [6.45, 7) is 5.70. The molecular formula is C27H27N3O. The summed E-state index contributed by atoms with van der Waals surface area (Å²) in [5.41, 5.74) is 6.81. The largest absolute Gasteiger partial charge is 0.327 e. The highest BCUT2D eigenvalue weighted by Crippen LogP contribution is 2.36. The van der Waals surface area contributed by atoms with Crippen molar-refractivity contribution >= 4 is 22.6 Å². The number of fused-ring (bicyclic) bond motifs is 1. The third-order valence-electron chi connectivity index (χ3n) is 6.35. The fourth-order valence-corrected chi connectivity index (χ4v) is 4.85. The molecule has 1 fully saturated rings. The Morgan fingerprint density at radius 3 is 2.39 bits per heavy atom. The van der Waals surface area contributed by atoms with E-state index in [4.69, 9.17) is 4.98 Å². The minimum Gasteiger partial charge on any atom is -0.327 e. The Morgan fingerprint density at radius 1 is 0.903 bits per heavy atom. The molecule has 2 heterocycles. The van der Waals surface area contributed by atoms with Crippen molar-refractivity contribution in [2.45, 2.75) is 39.2 Å². The Bertz CT molecular complexity index is 1220. The van der Waals surface area contributed by atoms with Gasteiger partial charge in [0.1, 0.15) is 5.82 Å². The number of carbonyl (C=O) groups is 1. The van der Waals surface area contributed by atoms with E-state index in [0.29, 0.717) is 13.0 Å². The van der Waals surface area contributed by atoms with Gasteiger partial charge in [-0.1, -0.05) is 60.7 Å². The van der Waals surface area contributed by atoms with Crippen molar-refractivity contribution in [2.24, 2.45) is 0 Å². The Hall–Kier alpha value is -3.40. The van der Waals surface area contributed by atoms with Gasteiger partial charge in [0.15, 0.2) is 0 Å². The van der Waals surface area contributed by atoms with Gasteiger partial charge in [-0.15, -0.1) is 0 Å². The van der Waals surface area contributed by atoms with Crippen LogP contribution in [0.15, 0.2) is 72.8 Å². The number of aromatic nitrogens is 2. The van der Waals surface area contributed by atoms with Gasteiger partial charge < -0.3 is 9.47 Å². The zero-order valence-electron chi connectivity index (χ0n) is 18.1. The van der Waals surface area contributed by atoms with E-state index in [9.17, 15) is 4.79 Å². The Morgan fingerprint density at radius 2 is 1.61 bits per heavy atom. The summed E-state index contributed by atoms with van der Waals surface area (Å²) < 4.78 is 2.33. The maximum Gasteiger partial charge on any atom is 0.227 e. The third-order valence-corrected chi connectivity index (χ3v) is 6.35. The van der Waals surface area contributed by atoms with Gasteiger partial charge in [-0.2, -0.15) is 0 Å². The van der Waals surface area contributed by atoms with Gasteiger partial charge in [0, 0.05) is 31.1 Å². The van der Waals surface area contributed by atoms with E-state index in [-0.39, 0.29) is 11.8 Å². The van der Waals surface area contributed by atoms with Crippen LogP contribution in [0, 0.1) is 13.8 Å². The molecule has 31 heavy (non-hydrogen) atoms. The lowest BCUT2D eigenvalue weighted by Gasteiger charge is -2.21. The number of anilines is 1. The molecule has 0 saturated carbocycles. The fourth-order valence-electron chi connectivity index (χ4n) is 4.85. The van der Waals surface area contributed by atoms with Crippen LogP contribution in [0.1, 0.15) is 34.9 Å². The van der Waals surface area contributed by atoms with Crippen LogP contribution in [-0.4, -0.2) is 22.0 Å².